The molecule has 1 N–H and O–H groups in total. The van der Waals surface area contributed by atoms with Crippen LogP contribution in [0.4, 0.5) is 0 Å². The number of nitrogens with zero attached hydrogens (tertiary/aromatic N) is 2. The van der Waals surface area contributed by atoms with E-state index in [1.165, 1.54) is 11.3 Å². The van der Waals surface area contributed by atoms with E-state index in [2.05, 4.69) is 29.3 Å². The van der Waals surface area contributed by atoms with Crippen molar-refractivity contribution in [3.8, 4) is 16.5 Å². The summed E-state index contributed by atoms with van der Waals surface area (Å²) >= 11 is 1.53. The van der Waals surface area contributed by atoms with Crippen LogP contribution in [0.15, 0.2) is 46.3 Å². The van der Waals surface area contributed by atoms with Crippen LogP contribution in [-0.4, -0.2) is 22.2 Å². The molecule has 1 unspecified atom stereocenters. The van der Waals surface area contributed by atoms with E-state index in [1.807, 2.05) is 41.8 Å². The molecule has 0 spiro atoms. The van der Waals surface area contributed by atoms with Gasteiger partial charge in [0.05, 0.1) is 11.4 Å². The molecule has 0 radical (unpaired) electrons. The zero-order chi connectivity index (χ0) is 18.5. The Bertz CT molecular complexity index is 859. The van der Waals surface area contributed by atoms with E-state index < -0.39 is 6.10 Å². The molecule has 0 fully saturated rings. The molecule has 3 rings (SSSR count). The van der Waals surface area contributed by atoms with E-state index in [0.717, 1.165) is 16.2 Å². The number of para-hydroxylation sites is 1. The number of hydrogen-bond donors (Lipinski definition) is 1. The number of carbonyl (C=O) groups excluding carboxylic acids is 1. The van der Waals surface area contributed by atoms with Crippen molar-refractivity contribution in [3.05, 3.63) is 53.2 Å². The second kappa shape index (κ2) is 8.14. The van der Waals surface area contributed by atoms with E-state index in [1.54, 1.807) is 6.92 Å². The van der Waals surface area contributed by atoms with Crippen molar-refractivity contribution in [2.75, 3.05) is 0 Å². The highest BCUT2D eigenvalue weighted by molar-refractivity contribution is 7.13. The van der Waals surface area contributed by atoms with Gasteiger partial charge >= 0.3 is 0 Å². The molecular weight excluding hydrogens is 350 g/mol. The molecule has 0 saturated carbocycles. The Morgan fingerprint density at radius 1 is 1.23 bits per heavy atom. The first-order valence-corrected chi connectivity index (χ1v) is 9.32. The lowest BCUT2D eigenvalue weighted by Crippen LogP contribution is -2.36. The van der Waals surface area contributed by atoms with Gasteiger partial charge in [0.1, 0.15) is 5.75 Å². The Hall–Kier alpha value is -2.67. The standard InChI is InChI=1S/C19H21N3O3S/c1-12(2)14-7-4-5-8-15(14)24-13(3)19(23)20-11-17-21-18(22-25-17)16-9-6-10-26-16/h4-10,12-13H,11H2,1-3H3,(H,20,23). The molecule has 0 aliphatic carbocycles. The Morgan fingerprint density at radius 2 is 2.04 bits per heavy atom. The number of ether oxygens (including phenoxy) is 1. The maximum atomic E-state index is 12.3. The predicted octanol–water partition coefficient (Wildman–Crippen LogP) is 4.01. The van der Waals surface area contributed by atoms with E-state index in [-0.39, 0.29) is 12.5 Å². The Morgan fingerprint density at radius 3 is 2.77 bits per heavy atom. The Balaban J connectivity index is 1.57. The number of thiophene rings is 1. The predicted molar refractivity (Wildman–Crippen MR) is 100 cm³/mol. The fourth-order valence-corrected chi connectivity index (χ4v) is 3.10. The summed E-state index contributed by atoms with van der Waals surface area (Å²) in [6.07, 6.45) is -0.630. The summed E-state index contributed by atoms with van der Waals surface area (Å²) in [5.74, 6) is 1.69. The van der Waals surface area contributed by atoms with Gasteiger partial charge in [-0.2, -0.15) is 4.98 Å². The zero-order valence-electron chi connectivity index (χ0n) is 14.9. The molecule has 0 aliphatic rings. The van der Waals surface area contributed by atoms with Gasteiger partial charge in [0.15, 0.2) is 6.10 Å². The lowest BCUT2D eigenvalue weighted by atomic mass is 10.0. The van der Waals surface area contributed by atoms with Crippen LogP contribution in [-0.2, 0) is 11.3 Å². The summed E-state index contributed by atoms with van der Waals surface area (Å²) in [4.78, 5) is 17.5. The van der Waals surface area contributed by atoms with Gasteiger partial charge in [0.2, 0.25) is 11.7 Å². The van der Waals surface area contributed by atoms with E-state index in [9.17, 15) is 4.79 Å². The highest BCUT2D eigenvalue weighted by Crippen LogP contribution is 2.26. The largest absolute Gasteiger partial charge is 0.481 e. The third-order valence-electron chi connectivity index (χ3n) is 3.84. The van der Waals surface area contributed by atoms with Gasteiger partial charge < -0.3 is 14.6 Å². The number of hydrogen-bond acceptors (Lipinski definition) is 6. The van der Waals surface area contributed by atoms with Crippen molar-refractivity contribution in [2.45, 2.75) is 39.3 Å². The quantitative estimate of drug-likeness (QED) is 0.679. The SMILES string of the molecule is CC(Oc1ccccc1C(C)C)C(=O)NCc1nc(-c2cccs2)no1. The second-order valence-electron chi connectivity index (χ2n) is 6.16. The molecule has 1 atom stereocenters. The van der Waals surface area contributed by atoms with Crippen LogP contribution < -0.4 is 10.1 Å². The average molecular weight is 371 g/mol. The molecule has 7 heteroatoms. The number of benzene rings is 1. The molecule has 0 bridgehead atoms. The monoisotopic (exact) mass is 371 g/mol. The summed E-state index contributed by atoms with van der Waals surface area (Å²) in [5, 5.41) is 8.64. The summed E-state index contributed by atoms with van der Waals surface area (Å²) < 4.78 is 11.0. The van der Waals surface area contributed by atoms with Crippen molar-refractivity contribution >= 4 is 17.2 Å². The molecule has 0 aliphatic heterocycles. The van der Waals surface area contributed by atoms with Crippen molar-refractivity contribution in [1.29, 1.82) is 0 Å². The fourth-order valence-electron chi connectivity index (χ4n) is 2.45. The summed E-state index contributed by atoms with van der Waals surface area (Å²) in [6, 6.07) is 11.6. The van der Waals surface area contributed by atoms with Gasteiger partial charge in [-0.15, -0.1) is 11.3 Å². The molecule has 6 nitrogen and oxygen atoms in total. The minimum Gasteiger partial charge on any atom is -0.481 e. The Labute approximate surface area is 156 Å². The number of nitrogens with one attached hydrogen (secondary N) is 1. The highest BCUT2D eigenvalue weighted by atomic mass is 32.1. The molecule has 1 amide bonds. The Kier molecular flexibility index (Phi) is 5.68. The third kappa shape index (κ3) is 4.29. The van der Waals surface area contributed by atoms with E-state index >= 15 is 0 Å². The molecule has 2 aromatic heterocycles. The van der Waals surface area contributed by atoms with Crippen molar-refractivity contribution in [2.24, 2.45) is 0 Å². The van der Waals surface area contributed by atoms with Crippen LogP contribution in [0.25, 0.3) is 10.7 Å². The summed E-state index contributed by atoms with van der Waals surface area (Å²) in [6.45, 7) is 6.06. The van der Waals surface area contributed by atoms with Crippen LogP contribution in [0.3, 0.4) is 0 Å². The maximum absolute atomic E-state index is 12.3. The second-order valence-corrected chi connectivity index (χ2v) is 7.11. The lowest BCUT2D eigenvalue weighted by molar-refractivity contribution is -0.127. The summed E-state index contributed by atoms with van der Waals surface area (Å²) in [5.41, 5.74) is 1.07. The van der Waals surface area contributed by atoms with Gasteiger partial charge in [-0.25, -0.2) is 0 Å². The fraction of sp³-hybridized carbons (Fsp3) is 0.316. The molecule has 3 aromatic rings. The number of rotatable bonds is 7. The summed E-state index contributed by atoms with van der Waals surface area (Å²) in [7, 11) is 0. The molecule has 0 saturated heterocycles. The van der Waals surface area contributed by atoms with Crippen LogP contribution in [0.2, 0.25) is 0 Å². The number of carbonyl (C=O) groups is 1. The first kappa shape index (κ1) is 18.1. The zero-order valence-corrected chi connectivity index (χ0v) is 15.7. The topological polar surface area (TPSA) is 77.2 Å². The van der Waals surface area contributed by atoms with Gasteiger partial charge in [0.25, 0.3) is 5.91 Å². The van der Waals surface area contributed by atoms with Crippen molar-refractivity contribution < 1.29 is 14.1 Å². The smallest absolute Gasteiger partial charge is 0.261 e. The molecule has 1 aromatic carbocycles. The highest BCUT2D eigenvalue weighted by Gasteiger charge is 2.18. The first-order chi connectivity index (χ1) is 12.5. The molecule has 2 heterocycles. The molecular formula is C19H21N3O3S. The third-order valence-corrected chi connectivity index (χ3v) is 4.70. The molecule has 26 heavy (non-hydrogen) atoms. The van der Waals surface area contributed by atoms with E-state index in [0.29, 0.717) is 17.6 Å². The van der Waals surface area contributed by atoms with Gasteiger partial charge in [-0.1, -0.05) is 43.3 Å². The molecule has 136 valence electrons. The number of amides is 1. The lowest BCUT2D eigenvalue weighted by Gasteiger charge is -2.18. The van der Waals surface area contributed by atoms with Crippen LogP contribution in [0.5, 0.6) is 5.75 Å². The minimum atomic E-state index is -0.630. The number of aromatic nitrogens is 2. The van der Waals surface area contributed by atoms with Crippen LogP contribution in [0, 0.1) is 0 Å². The maximum Gasteiger partial charge on any atom is 0.261 e. The van der Waals surface area contributed by atoms with Crippen LogP contribution in [0.1, 0.15) is 38.1 Å². The van der Waals surface area contributed by atoms with Gasteiger partial charge in [-0.3, -0.25) is 4.79 Å². The van der Waals surface area contributed by atoms with Gasteiger partial charge in [-0.05, 0) is 35.9 Å². The van der Waals surface area contributed by atoms with E-state index in [4.69, 9.17) is 9.26 Å². The van der Waals surface area contributed by atoms with Crippen molar-refractivity contribution in [1.82, 2.24) is 15.5 Å². The van der Waals surface area contributed by atoms with Crippen molar-refractivity contribution in [3.63, 3.8) is 0 Å². The minimum absolute atomic E-state index is 0.163. The average Bonchev–Trinajstić information content (AvgIpc) is 3.31. The normalized spacial score (nSPS) is 12.2. The van der Waals surface area contributed by atoms with Gasteiger partial charge in [0, 0.05) is 0 Å². The van der Waals surface area contributed by atoms with Crippen LogP contribution >= 0.6 is 11.3 Å². The first-order valence-electron chi connectivity index (χ1n) is 8.44.